The Morgan fingerprint density at radius 3 is 1.12 bits per heavy atom. The molecule has 0 aromatic heterocycles. The summed E-state index contributed by atoms with van der Waals surface area (Å²) in [4.78, 5) is 80.2. The normalized spacial score (nSPS) is 18.3. The van der Waals surface area contributed by atoms with Crippen molar-refractivity contribution >= 4 is 35.5 Å². The number of piperidine rings is 1. The number of Topliss-reactive ketones (excluding diaryl/α,β-unsaturated/α-hetero) is 1. The summed E-state index contributed by atoms with van der Waals surface area (Å²) in [6, 6.07) is -0.131. The zero-order chi connectivity index (χ0) is 38.8. The van der Waals surface area contributed by atoms with Crippen molar-refractivity contribution < 1.29 is 44.1 Å². The van der Waals surface area contributed by atoms with E-state index in [4.69, 9.17) is 0 Å². The molecule has 0 aliphatic carbocycles. The number of aliphatic carboxylic acids is 3. The molecule has 0 spiro atoms. The molecule has 17 nitrogen and oxygen atoms in total. The van der Waals surface area contributed by atoms with Gasteiger partial charge in [-0.25, -0.2) is 0 Å². The van der Waals surface area contributed by atoms with Crippen molar-refractivity contribution in [1.29, 1.82) is 0 Å². The van der Waals surface area contributed by atoms with Gasteiger partial charge < -0.3 is 31.3 Å². The lowest BCUT2D eigenvalue weighted by Crippen LogP contribution is -2.50. The molecule has 0 bridgehead atoms. The third-order valence-electron chi connectivity index (χ3n) is 8.63. The van der Waals surface area contributed by atoms with Crippen LogP contribution in [-0.2, 0) is 28.8 Å². The number of ketones is 1. The van der Waals surface area contributed by atoms with Crippen LogP contribution in [-0.4, -0.2) is 200 Å². The number of likely N-dealkylation sites (N-methyl/N-ethyl adjacent to an activating group) is 1. The third-order valence-corrected chi connectivity index (χ3v) is 8.63. The van der Waals surface area contributed by atoms with E-state index < -0.39 is 17.9 Å². The highest BCUT2D eigenvalue weighted by Gasteiger charge is 2.25. The number of hydrogen-bond acceptors (Lipinski definition) is 12. The van der Waals surface area contributed by atoms with E-state index >= 15 is 0 Å². The van der Waals surface area contributed by atoms with E-state index in [1.807, 2.05) is 32.6 Å². The first-order valence-corrected chi connectivity index (χ1v) is 18.3. The molecule has 17 heteroatoms. The molecule has 2 fully saturated rings. The van der Waals surface area contributed by atoms with Crippen LogP contribution in [0.15, 0.2) is 0 Å². The van der Waals surface area contributed by atoms with Gasteiger partial charge in [-0.05, 0) is 52.2 Å². The van der Waals surface area contributed by atoms with Crippen LogP contribution in [0.4, 0.5) is 0 Å². The minimum Gasteiger partial charge on any atom is -0.480 e. The summed E-state index contributed by atoms with van der Waals surface area (Å²) in [6.07, 6.45) is 2.66. The van der Waals surface area contributed by atoms with E-state index in [1.165, 1.54) is 0 Å². The highest BCUT2D eigenvalue weighted by Crippen LogP contribution is 2.22. The Balaban J connectivity index is 0.00000602. The molecule has 0 aromatic rings. The van der Waals surface area contributed by atoms with Crippen molar-refractivity contribution in [1.82, 2.24) is 40.4 Å². The van der Waals surface area contributed by atoms with Gasteiger partial charge in [0.05, 0.1) is 38.8 Å². The SMILES string of the molecule is CC.CC.CNC(CC1CCN(CC(=O)NCCNC(=O)CN2CCN(CC(=O)O)CCN(CC(=O)O)CCN(CC(=O)O)CC2)CC1)C(C)=O. The van der Waals surface area contributed by atoms with E-state index in [1.54, 1.807) is 28.7 Å². The van der Waals surface area contributed by atoms with Gasteiger partial charge in [0, 0.05) is 65.4 Å². The number of likely N-dealkylation sites (tertiary alicyclic amines) is 1. The van der Waals surface area contributed by atoms with Crippen LogP contribution in [0.3, 0.4) is 0 Å². The summed E-state index contributed by atoms with van der Waals surface area (Å²) >= 11 is 0. The number of carbonyl (C=O) groups is 6. The molecular formula is C34H66N8O9. The number of nitrogens with zero attached hydrogens (tertiary/aromatic N) is 5. The average Bonchev–Trinajstić information content (AvgIpc) is 3.08. The Kier molecular flexibility index (Phi) is 26.6. The Morgan fingerprint density at radius 1 is 0.549 bits per heavy atom. The maximum atomic E-state index is 12.8. The van der Waals surface area contributed by atoms with E-state index in [-0.39, 0.29) is 69.5 Å². The van der Waals surface area contributed by atoms with E-state index in [9.17, 15) is 44.1 Å². The van der Waals surface area contributed by atoms with Gasteiger partial charge in [0.2, 0.25) is 11.8 Å². The zero-order valence-electron chi connectivity index (χ0n) is 31.8. The minimum atomic E-state index is -1.02. The maximum Gasteiger partial charge on any atom is 0.317 e. The molecule has 0 radical (unpaired) electrons. The van der Waals surface area contributed by atoms with Gasteiger partial charge in [0.15, 0.2) is 0 Å². The van der Waals surface area contributed by atoms with E-state index in [0.29, 0.717) is 58.3 Å². The van der Waals surface area contributed by atoms with Crippen LogP contribution in [0.25, 0.3) is 0 Å². The second-order valence-electron chi connectivity index (χ2n) is 12.4. The van der Waals surface area contributed by atoms with Crippen molar-refractivity contribution in [2.24, 2.45) is 5.92 Å². The number of hydrogen-bond donors (Lipinski definition) is 6. The first-order valence-electron chi connectivity index (χ1n) is 18.3. The summed E-state index contributed by atoms with van der Waals surface area (Å²) in [5.74, 6) is -2.88. The topological polar surface area (TPSA) is 215 Å². The minimum absolute atomic E-state index is 0.00783. The van der Waals surface area contributed by atoms with E-state index in [0.717, 1.165) is 32.4 Å². The highest BCUT2D eigenvalue weighted by atomic mass is 16.4. The van der Waals surface area contributed by atoms with Gasteiger partial charge in [0.1, 0.15) is 5.78 Å². The van der Waals surface area contributed by atoms with Crippen molar-refractivity contribution in [2.45, 2.75) is 59.9 Å². The summed E-state index contributed by atoms with van der Waals surface area (Å²) in [5.41, 5.74) is 0. The lowest BCUT2D eigenvalue weighted by Gasteiger charge is -2.33. The lowest BCUT2D eigenvalue weighted by molar-refractivity contribution is -0.140. The molecule has 0 aromatic carbocycles. The van der Waals surface area contributed by atoms with Gasteiger partial charge >= 0.3 is 17.9 Å². The molecule has 0 saturated carbocycles. The number of rotatable bonds is 17. The largest absolute Gasteiger partial charge is 0.480 e. The lowest BCUT2D eigenvalue weighted by atomic mass is 9.89. The van der Waals surface area contributed by atoms with Gasteiger partial charge in [-0.1, -0.05) is 27.7 Å². The Morgan fingerprint density at radius 2 is 0.843 bits per heavy atom. The number of carboxylic acids is 3. The second-order valence-corrected chi connectivity index (χ2v) is 12.4. The van der Waals surface area contributed by atoms with Gasteiger partial charge in [-0.15, -0.1) is 0 Å². The number of carboxylic acid groups (broad SMARTS) is 3. The second kappa shape index (κ2) is 28.4. The summed E-state index contributed by atoms with van der Waals surface area (Å²) in [7, 11) is 1.80. The first-order chi connectivity index (χ1) is 24.3. The van der Waals surface area contributed by atoms with Crippen molar-refractivity contribution in [3.63, 3.8) is 0 Å². The Bertz CT molecular complexity index is 1010. The standard InChI is InChI=1S/C30H54N8O9.2C2H6/c1-23(39)25(31-2)17-24-3-7-34(8-4-24)18-26(40)32-5-6-33-27(41)19-35-9-11-36(20-28(42)43)13-15-38(22-30(46)47)16-14-37(12-10-35)21-29(44)45;2*1-2/h24-25,31H,3-22H2,1-2H3,(H,32,40)(H,33,41)(H,42,43)(H,44,45)(H,46,47);2*1-2H3. The molecular weight excluding hydrogens is 664 g/mol. The van der Waals surface area contributed by atoms with Crippen molar-refractivity contribution in [3.8, 4) is 0 Å². The van der Waals surface area contributed by atoms with Crippen molar-refractivity contribution in [3.05, 3.63) is 0 Å². The maximum absolute atomic E-state index is 12.8. The molecule has 1 atom stereocenters. The molecule has 296 valence electrons. The van der Waals surface area contributed by atoms with Gasteiger partial charge in [-0.2, -0.15) is 0 Å². The summed E-state index contributed by atoms with van der Waals surface area (Å²) in [5, 5.41) is 36.7. The number of amides is 2. The quantitative estimate of drug-likeness (QED) is 0.0993. The Labute approximate surface area is 304 Å². The molecule has 2 rings (SSSR count). The van der Waals surface area contributed by atoms with Crippen LogP contribution >= 0.6 is 0 Å². The molecule has 2 amide bonds. The third kappa shape index (κ3) is 23.1. The van der Waals surface area contributed by atoms with Crippen LogP contribution in [0.2, 0.25) is 0 Å². The molecule has 2 aliphatic rings. The van der Waals surface area contributed by atoms with Crippen LogP contribution in [0.5, 0.6) is 0 Å². The fourth-order valence-corrected chi connectivity index (χ4v) is 5.91. The number of nitrogens with one attached hydrogen (secondary N) is 3. The highest BCUT2D eigenvalue weighted by molar-refractivity contribution is 5.81. The van der Waals surface area contributed by atoms with Gasteiger partial charge in [-0.3, -0.25) is 53.3 Å². The van der Waals surface area contributed by atoms with E-state index in [2.05, 4.69) is 20.9 Å². The Hall–Kier alpha value is -3.22. The number of carbonyl (C=O) groups excluding carboxylic acids is 3. The molecule has 6 N–H and O–H groups in total. The smallest absolute Gasteiger partial charge is 0.317 e. The molecule has 1 unspecified atom stereocenters. The fraction of sp³-hybridized carbons (Fsp3) is 0.824. The predicted molar refractivity (Wildman–Crippen MR) is 195 cm³/mol. The van der Waals surface area contributed by atoms with Gasteiger partial charge in [0.25, 0.3) is 0 Å². The average molecular weight is 731 g/mol. The van der Waals surface area contributed by atoms with Crippen LogP contribution in [0, 0.1) is 5.92 Å². The summed E-state index contributed by atoms with van der Waals surface area (Å²) < 4.78 is 0. The summed E-state index contributed by atoms with van der Waals surface area (Å²) in [6.45, 7) is 13.7. The molecule has 2 saturated heterocycles. The molecule has 2 heterocycles. The van der Waals surface area contributed by atoms with Crippen LogP contribution in [0.1, 0.15) is 53.9 Å². The zero-order valence-corrected chi connectivity index (χ0v) is 31.8. The fourth-order valence-electron chi connectivity index (χ4n) is 5.91. The monoisotopic (exact) mass is 730 g/mol. The molecule has 2 aliphatic heterocycles. The molecule has 51 heavy (non-hydrogen) atoms. The van der Waals surface area contributed by atoms with Crippen LogP contribution < -0.4 is 16.0 Å². The van der Waals surface area contributed by atoms with Crippen molar-refractivity contribution in [2.75, 3.05) is 118 Å². The predicted octanol–water partition coefficient (Wildman–Crippen LogP) is -0.974. The first kappa shape index (κ1) is 47.8.